The van der Waals surface area contributed by atoms with Crippen LogP contribution in [-0.2, 0) is 9.59 Å². The molecule has 2 aromatic rings. The Balaban J connectivity index is 1.52. The number of thiazole rings is 1. The first-order chi connectivity index (χ1) is 15.9. The van der Waals surface area contributed by atoms with Crippen molar-refractivity contribution in [1.82, 2.24) is 20.1 Å². The van der Waals surface area contributed by atoms with E-state index in [-0.39, 0.29) is 17.5 Å². The lowest BCUT2D eigenvalue weighted by Crippen LogP contribution is -2.52. The number of carbonyl (C=O) groups excluding carboxylic acids is 1. The number of nitrogens with one attached hydrogen (secondary N) is 1. The highest BCUT2D eigenvalue weighted by atomic mass is 79.9. The Morgan fingerprint density at radius 1 is 1.36 bits per heavy atom. The van der Waals surface area contributed by atoms with Crippen molar-refractivity contribution < 1.29 is 19.1 Å². The van der Waals surface area contributed by atoms with Crippen molar-refractivity contribution >= 4 is 45.0 Å². The molecule has 4 heterocycles. The molecule has 172 valence electrons. The molecule has 2 fully saturated rings. The molecule has 1 aromatic heterocycles. The number of fused-ring (bicyclic) bond motifs is 1. The maximum absolute atomic E-state index is 13.7. The minimum Gasteiger partial charge on any atom is -0.478 e. The van der Waals surface area contributed by atoms with Gasteiger partial charge in [0.25, 0.3) is 0 Å². The van der Waals surface area contributed by atoms with Crippen LogP contribution in [0.1, 0.15) is 29.5 Å². The standard InChI is InChI=1S/C22H21BrFN5O3S/c23-15-9-12(24)1-3-14(15)19-18(22(31)32)16(26-20(27-19)21-25-5-8-33-21)11-28-6-7-29-13(10-28)2-4-17(29)30/h1,3,5,8-9,13,19H,2,4,6-7,10-11H2,(H,26,27)(H,31,32)/t13-,19+/m1/s1. The predicted octanol–water partition coefficient (Wildman–Crippen LogP) is 2.78. The summed E-state index contributed by atoms with van der Waals surface area (Å²) in [5.74, 6) is -0.828. The fourth-order valence-corrected chi connectivity index (χ4v) is 5.82. The zero-order chi connectivity index (χ0) is 23.1. The van der Waals surface area contributed by atoms with Crippen molar-refractivity contribution in [3.63, 3.8) is 0 Å². The molecule has 0 spiro atoms. The van der Waals surface area contributed by atoms with E-state index in [1.165, 1.54) is 23.5 Å². The number of benzene rings is 1. The number of amides is 1. The molecule has 8 nitrogen and oxygen atoms in total. The molecule has 2 atom stereocenters. The van der Waals surface area contributed by atoms with Crippen molar-refractivity contribution in [2.75, 3.05) is 26.2 Å². The number of aromatic nitrogens is 1. The van der Waals surface area contributed by atoms with Gasteiger partial charge < -0.3 is 15.3 Å². The Morgan fingerprint density at radius 3 is 2.94 bits per heavy atom. The first kappa shape index (κ1) is 22.2. The molecule has 0 unspecified atom stereocenters. The summed E-state index contributed by atoms with van der Waals surface area (Å²) in [4.78, 5) is 37.6. The summed E-state index contributed by atoms with van der Waals surface area (Å²) in [5, 5.41) is 15.9. The van der Waals surface area contributed by atoms with E-state index in [9.17, 15) is 19.1 Å². The fourth-order valence-electron chi connectivity index (χ4n) is 4.67. The van der Waals surface area contributed by atoms with Gasteiger partial charge in [0.05, 0.1) is 5.57 Å². The number of carbonyl (C=O) groups is 2. The number of piperazine rings is 1. The van der Waals surface area contributed by atoms with Crippen LogP contribution in [0.2, 0.25) is 0 Å². The quantitative estimate of drug-likeness (QED) is 0.613. The van der Waals surface area contributed by atoms with E-state index in [0.717, 1.165) is 6.42 Å². The van der Waals surface area contributed by atoms with Crippen molar-refractivity contribution in [1.29, 1.82) is 0 Å². The molecule has 1 amide bonds. The number of hydrogen-bond donors (Lipinski definition) is 2. The first-order valence-corrected chi connectivity index (χ1v) is 12.3. The van der Waals surface area contributed by atoms with E-state index < -0.39 is 17.8 Å². The van der Waals surface area contributed by atoms with Gasteiger partial charge in [0.2, 0.25) is 5.91 Å². The molecule has 2 N–H and O–H groups in total. The van der Waals surface area contributed by atoms with Gasteiger partial charge in [-0.15, -0.1) is 11.3 Å². The summed E-state index contributed by atoms with van der Waals surface area (Å²) >= 11 is 4.78. The second kappa shape index (κ2) is 8.96. The molecule has 33 heavy (non-hydrogen) atoms. The van der Waals surface area contributed by atoms with Crippen molar-refractivity contribution in [3.8, 4) is 0 Å². The summed E-state index contributed by atoms with van der Waals surface area (Å²) in [5.41, 5.74) is 1.21. The molecule has 5 rings (SSSR count). The zero-order valence-electron chi connectivity index (χ0n) is 17.5. The van der Waals surface area contributed by atoms with E-state index in [1.807, 2.05) is 10.3 Å². The average molecular weight is 534 g/mol. The summed E-state index contributed by atoms with van der Waals surface area (Å²) in [6.07, 6.45) is 3.06. The van der Waals surface area contributed by atoms with Gasteiger partial charge in [0.1, 0.15) is 11.9 Å². The normalized spacial score (nSPS) is 23.4. The second-order valence-corrected chi connectivity index (χ2v) is 9.97. The van der Waals surface area contributed by atoms with Crippen LogP contribution < -0.4 is 5.32 Å². The molecular weight excluding hydrogens is 513 g/mol. The van der Waals surface area contributed by atoms with Gasteiger partial charge in [-0.3, -0.25) is 14.7 Å². The Morgan fingerprint density at radius 2 is 2.21 bits per heavy atom. The number of carboxylic acid groups (broad SMARTS) is 1. The van der Waals surface area contributed by atoms with Crippen molar-refractivity contribution in [2.45, 2.75) is 24.9 Å². The number of rotatable bonds is 5. The first-order valence-electron chi connectivity index (χ1n) is 10.6. The van der Waals surface area contributed by atoms with E-state index in [1.54, 1.807) is 12.3 Å². The molecular formula is C22H21BrFN5O3S. The minimum atomic E-state index is -1.09. The summed E-state index contributed by atoms with van der Waals surface area (Å²) in [6.45, 7) is 2.37. The fraction of sp³-hybridized carbons (Fsp3) is 0.364. The van der Waals surface area contributed by atoms with Crippen LogP contribution in [0.15, 0.2) is 50.5 Å². The Bertz CT molecular complexity index is 1170. The maximum atomic E-state index is 13.7. The monoisotopic (exact) mass is 533 g/mol. The van der Waals surface area contributed by atoms with Gasteiger partial charge in [-0.25, -0.2) is 14.2 Å². The van der Waals surface area contributed by atoms with Gasteiger partial charge in [-0.1, -0.05) is 22.0 Å². The average Bonchev–Trinajstić information content (AvgIpc) is 3.43. The third-order valence-electron chi connectivity index (χ3n) is 6.21. The Kier molecular flexibility index (Phi) is 6.02. The summed E-state index contributed by atoms with van der Waals surface area (Å²) in [6, 6.07) is 3.50. The van der Waals surface area contributed by atoms with Gasteiger partial charge in [0, 0.05) is 60.4 Å². The predicted molar refractivity (Wildman–Crippen MR) is 124 cm³/mol. The van der Waals surface area contributed by atoms with Crippen LogP contribution in [0, 0.1) is 5.82 Å². The van der Waals surface area contributed by atoms with Gasteiger partial charge in [0.15, 0.2) is 10.8 Å². The Hall–Kier alpha value is -2.63. The number of nitrogens with zero attached hydrogens (tertiary/aromatic N) is 4. The molecule has 0 radical (unpaired) electrons. The summed E-state index contributed by atoms with van der Waals surface area (Å²) < 4.78 is 14.2. The van der Waals surface area contributed by atoms with Gasteiger partial charge >= 0.3 is 5.97 Å². The number of carboxylic acids is 1. The number of amidine groups is 1. The SMILES string of the molecule is O=C(O)C1=C(CN2CCN3C(=O)CC[C@@H]3C2)NC(c2nccs2)=N[C@H]1c1ccc(F)cc1Br. The van der Waals surface area contributed by atoms with E-state index in [0.29, 0.717) is 59.2 Å². The zero-order valence-corrected chi connectivity index (χ0v) is 19.9. The largest absolute Gasteiger partial charge is 0.478 e. The van der Waals surface area contributed by atoms with Crippen LogP contribution in [0.25, 0.3) is 0 Å². The molecule has 0 aliphatic carbocycles. The molecule has 2 saturated heterocycles. The van der Waals surface area contributed by atoms with E-state index in [2.05, 4.69) is 36.1 Å². The smallest absolute Gasteiger partial charge is 0.335 e. The molecule has 11 heteroatoms. The lowest BCUT2D eigenvalue weighted by Gasteiger charge is -2.38. The van der Waals surface area contributed by atoms with Crippen LogP contribution >= 0.6 is 27.3 Å². The van der Waals surface area contributed by atoms with Crippen LogP contribution in [-0.4, -0.2) is 69.8 Å². The molecule has 3 aliphatic heterocycles. The highest BCUT2D eigenvalue weighted by Crippen LogP contribution is 2.36. The number of aliphatic imine (C=N–C) groups is 1. The van der Waals surface area contributed by atoms with Gasteiger partial charge in [-0.2, -0.15) is 0 Å². The second-order valence-electron chi connectivity index (χ2n) is 8.22. The van der Waals surface area contributed by atoms with Crippen molar-refractivity contribution in [2.24, 2.45) is 4.99 Å². The molecule has 0 bridgehead atoms. The lowest BCUT2D eigenvalue weighted by molar-refractivity contribution is -0.133. The summed E-state index contributed by atoms with van der Waals surface area (Å²) in [7, 11) is 0. The van der Waals surface area contributed by atoms with Crippen LogP contribution in [0.4, 0.5) is 4.39 Å². The minimum absolute atomic E-state index is 0.118. The third-order valence-corrected chi connectivity index (χ3v) is 7.68. The highest BCUT2D eigenvalue weighted by Gasteiger charge is 2.38. The third kappa shape index (κ3) is 4.32. The topological polar surface area (TPSA) is 98.1 Å². The Labute approximate surface area is 202 Å². The number of hydrogen-bond acceptors (Lipinski definition) is 7. The van der Waals surface area contributed by atoms with Crippen molar-refractivity contribution in [3.05, 3.63) is 61.9 Å². The van der Waals surface area contributed by atoms with E-state index >= 15 is 0 Å². The number of aliphatic carboxylic acids is 1. The number of halogens is 2. The van der Waals surface area contributed by atoms with E-state index in [4.69, 9.17) is 0 Å². The van der Waals surface area contributed by atoms with Gasteiger partial charge in [-0.05, 0) is 24.1 Å². The van der Waals surface area contributed by atoms with Crippen LogP contribution in [0.5, 0.6) is 0 Å². The maximum Gasteiger partial charge on any atom is 0.335 e. The molecule has 3 aliphatic rings. The highest BCUT2D eigenvalue weighted by molar-refractivity contribution is 9.10. The lowest BCUT2D eigenvalue weighted by atomic mass is 9.95. The van der Waals surface area contributed by atoms with Crippen LogP contribution in [0.3, 0.4) is 0 Å². The molecule has 0 saturated carbocycles. The molecule has 1 aromatic carbocycles.